The Hall–Kier alpha value is -5.35. The van der Waals surface area contributed by atoms with Crippen molar-refractivity contribution in [3.8, 4) is 11.5 Å². The standard InChI is InChI=1S/C35H22N2O2/c1-3-11-24(12-4-1)35-36-30-22-32-29(21-33(30)39-35)28-16-9-17-31(34(28)38-32)37(26-14-5-2-6-15-26)27-19-18-23-10-7-8-13-25(23)20-27/h1-22H. The third kappa shape index (κ3) is 3.57. The maximum absolute atomic E-state index is 6.59. The van der Waals surface area contributed by atoms with Crippen LogP contribution in [0.4, 0.5) is 17.1 Å². The first-order valence-corrected chi connectivity index (χ1v) is 13.0. The number of hydrogen-bond acceptors (Lipinski definition) is 4. The lowest BCUT2D eigenvalue weighted by molar-refractivity contribution is 0.620. The highest BCUT2D eigenvalue weighted by molar-refractivity contribution is 6.13. The number of nitrogens with zero attached hydrogens (tertiary/aromatic N) is 2. The number of hydrogen-bond donors (Lipinski definition) is 0. The molecule has 0 N–H and O–H groups in total. The molecule has 2 aromatic heterocycles. The van der Waals surface area contributed by atoms with E-state index in [0.29, 0.717) is 5.89 Å². The van der Waals surface area contributed by atoms with E-state index in [0.717, 1.165) is 55.7 Å². The van der Waals surface area contributed by atoms with Gasteiger partial charge in [-0.2, -0.15) is 0 Å². The molecule has 2 heterocycles. The van der Waals surface area contributed by atoms with Crippen molar-refractivity contribution >= 4 is 60.9 Å². The van der Waals surface area contributed by atoms with Gasteiger partial charge in [0.05, 0.1) is 5.69 Å². The van der Waals surface area contributed by atoms with Crippen LogP contribution < -0.4 is 4.90 Å². The highest BCUT2D eigenvalue weighted by Gasteiger charge is 2.20. The Bertz CT molecular complexity index is 2130. The second-order valence-electron chi connectivity index (χ2n) is 9.66. The predicted octanol–water partition coefficient (Wildman–Crippen LogP) is 10.0. The van der Waals surface area contributed by atoms with Gasteiger partial charge in [-0.05, 0) is 59.3 Å². The topological polar surface area (TPSA) is 42.4 Å². The number of rotatable bonds is 4. The highest BCUT2D eigenvalue weighted by Crippen LogP contribution is 2.43. The Morgan fingerprint density at radius 1 is 0.513 bits per heavy atom. The minimum atomic E-state index is 0.606. The Balaban J connectivity index is 1.34. The largest absolute Gasteiger partial charge is 0.454 e. The summed E-state index contributed by atoms with van der Waals surface area (Å²) in [6.45, 7) is 0. The quantitative estimate of drug-likeness (QED) is 0.240. The van der Waals surface area contributed by atoms with Gasteiger partial charge >= 0.3 is 0 Å². The molecule has 0 fully saturated rings. The second-order valence-corrected chi connectivity index (χ2v) is 9.66. The molecular weight excluding hydrogens is 480 g/mol. The van der Waals surface area contributed by atoms with Gasteiger partial charge < -0.3 is 13.7 Å². The molecule has 0 radical (unpaired) electrons. The molecular formula is C35H22N2O2. The van der Waals surface area contributed by atoms with Crippen LogP contribution >= 0.6 is 0 Å². The fourth-order valence-electron chi connectivity index (χ4n) is 5.40. The van der Waals surface area contributed by atoms with E-state index in [1.807, 2.05) is 48.5 Å². The monoisotopic (exact) mass is 502 g/mol. The Morgan fingerprint density at radius 2 is 1.28 bits per heavy atom. The zero-order chi connectivity index (χ0) is 25.8. The van der Waals surface area contributed by atoms with Crippen molar-refractivity contribution in [1.82, 2.24) is 4.98 Å². The van der Waals surface area contributed by atoms with Gasteiger partial charge in [0.25, 0.3) is 0 Å². The molecule has 0 unspecified atom stereocenters. The van der Waals surface area contributed by atoms with Gasteiger partial charge in [-0.3, -0.25) is 0 Å². The molecule has 0 aliphatic carbocycles. The van der Waals surface area contributed by atoms with E-state index in [9.17, 15) is 0 Å². The summed E-state index contributed by atoms with van der Waals surface area (Å²) in [5, 5.41) is 4.43. The summed E-state index contributed by atoms with van der Waals surface area (Å²) in [4.78, 5) is 7.00. The predicted molar refractivity (Wildman–Crippen MR) is 159 cm³/mol. The molecule has 0 atom stereocenters. The summed E-state index contributed by atoms with van der Waals surface area (Å²) in [6, 6.07) is 45.7. The van der Waals surface area contributed by atoms with Crippen LogP contribution in [-0.2, 0) is 0 Å². The first-order valence-electron chi connectivity index (χ1n) is 13.0. The first-order chi connectivity index (χ1) is 19.3. The van der Waals surface area contributed by atoms with Gasteiger partial charge in [0.2, 0.25) is 5.89 Å². The second kappa shape index (κ2) is 8.61. The van der Waals surface area contributed by atoms with Gasteiger partial charge in [-0.25, -0.2) is 4.98 Å². The van der Waals surface area contributed by atoms with Crippen molar-refractivity contribution in [2.24, 2.45) is 0 Å². The minimum Gasteiger partial charge on any atom is -0.454 e. The van der Waals surface area contributed by atoms with Crippen molar-refractivity contribution in [2.75, 3.05) is 4.90 Å². The number of para-hydroxylation sites is 2. The van der Waals surface area contributed by atoms with E-state index in [-0.39, 0.29) is 0 Å². The van der Waals surface area contributed by atoms with Crippen LogP contribution in [0.2, 0.25) is 0 Å². The molecule has 4 nitrogen and oxygen atoms in total. The first kappa shape index (κ1) is 21.7. The van der Waals surface area contributed by atoms with Crippen LogP contribution in [0.3, 0.4) is 0 Å². The smallest absolute Gasteiger partial charge is 0.227 e. The van der Waals surface area contributed by atoms with Crippen LogP contribution in [0.15, 0.2) is 142 Å². The van der Waals surface area contributed by atoms with Crippen molar-refractivity contribution in [2.45, 2.75) is 0 Å². The SMILES string of the molecule is c1ccc(-c2nc3cc4oc5c(N(c6ccccc6)c6ccc7ccccc7c6)cccc5c4cc3o2)cc1. The highest BCUT2D eigenvalue weighted by atomic mass is 16.4. The molecule has 0 saturated carbocycles. The zero-order valence-electron chi connectivity index (χ0n) is 20.9. The molecule has 6 aromatic carbocycles. The molecule has 0 bridgehead atoms. The molecule has 184 valence electrons. The van der Waals surface area contributed by atoms with Crippen molar-refractivity contribution in [3.63, 3.8) is 0 Å². The fraction of sp³-hybridized carbons (Fsp3) is 0. The molecule has 0 amide bonds. The number of aromatic nitrogens is 1. The van der Waals surface area contributed by atoms with Gasteiger partial charge in [0.1, 0.15) is 11.1 Å². The van der Waals surface area contributed by atoms with Crippen LogP contribution in [0.5, 0.6) is 0 Å². The van der Waals surface area contributed by atoms with E-state index >= 15 is 0 Å². The summed E-state index contributed by atoms with van der Waals surface area (Å²) in [5.41, 5.74) is 7.16. The molecule has 8 aromatic rings. The van der Waals surface area contributed by atoms with E-state index in [4.69, 9.17) is 13.8 Å². The molecule has 0 aliphatic heterocycles. The zero-order valence-corrected chi connectivity index (χ0v) is 20.9. The molecule has 8 rings (SSSR count). The maximum Gasteiger partial charge on any atom is 0.227 e. The summed E-state index contributed by atoms with van der Waals surface area (Å²) >= 11 is 0. The summed E-state index contributed by atoms with van der Waals surface area (Å²) in [5.74, 6) is 0.606. The fourth-order valence-corrected chi connectivity index (χ4v) is 5.40. The number of anilines is 3. The number of oxazole rings is 1. The van der Waals surface area contributed by atoms with Crippen LogP contribution in [0, 0.1) is 0 Å². The van der Waals surface area contributed by atoms with E-state index in [2.05, 4.69) is 89.8 Å². The van der Waals surface area contributed by atoms with E-state index in [1.54, 1.807) is 0 Å². The van der Waals surface area contributed by atoms with Gasteiger partial charge in [-0.1, -0.05) is 78.9 Å². The molecule has 4 heteroatoms. The number of fused-ring (bicyclic) bond motifs is 5. The van der Waals surface area contributed by atoms with E-state index < -0.39 is 0 Å². The molecule has 39 heavy (non-hydrogen) atoms. The number of furan rings is 1. The number of benzene rings is 6. The van der Waals surface area contributed by atoms with Crippen LogP contribution in [0.1, 0.15) is 0 Å². The third-order valence-electron chi connectivity index (χ3n) is 7.25. The normalized spacial score (nSPS) is 11.6. The third-order valence-corrected chi connectivity index (χ3v) is 7.25. The van der Waals surface area contributed by atoms with Gasteiger partial charge in [-0.15, -0.1) is 0 Å². The minimum absolute atomic E-state index is 0.606. The Labute approximate surface area is 224 Å². The van der Waals surface area contributed by atoms with Crippen LogP contribution in [0.25, 0.3) is 55.3 Å². The van der Waals surface area contributed by atoms with Crippen LogP contribution in [-0.4, -0.2) is 4.98 Å². The average molecular weight is 503 g/mol. The Kier molecular flexibility index (Phi) is 4.79. The lowest BCUT2D eigenvalue weighted by atomic mass is 10.1. The van der Waals surface area contributed by atoms with Gasteiger partial charge in [0, 0.05) is 33.8 Å². The maximum atomic E-state index is 6.59. The average Bonchev–Trinajstić information content (AvgIpc) is 3.58. The molecule has 0 aliphatic rings. The lowest BCUT2D eigenvalue weighted by Gasteiger charge is -2.25. The van der Waals surface area contributed by atoms with Crippen molar-refractivity contribution in [1.29, 1.82) is 0 Å². The van der Waals surface area contributed by atoms with E-state index in [1.165, 1.54) is 10.8 Å². The summed E-state index contributed by atoms with van der Waals surface area (Å²) < 4.78 is 12.8. The molecule has 0 spiro atoms. The van der Waals surface area contributed by atoms with Gasteiger partial charge in [0.15, 0.2) is 11.2 Å². The Morgan fingerprint density at radius 3 is 2.13 bits per heavy atom. The summed E-state index contributed by atoms with van der Waals surface area (Å²) in [7, 11) is 0. The lowest BCUT2D eigenvalue weighted by Crippen LogP contribution is -2.10. The van der Waals surface area contributed by atoms with Crippen molar-refractivity contribution in [3.05, 3.63) is 133 Å². The van der Waals surface area contributed by atoms with Crippen molar-refractivity contribution < 1.29 is 8.83 Å². The molecule has 0 saturated heterocycles. The summed E-state index contributed by atoms with van der Waals surface area (Å²) in [6.07, 6.45) is 0.